The fourth-order valence-corrected chi connectivity index (χ4v) is 7.13. The average molecular weight is 595 g/mol. The highest BCUT2D eigenvalue weighted by Crippen LogP contribution is 2.42. The lowest BCUT2D eigenvalue weighted by molar-refractivity contribution is -0.200. The van der Waals surface area contributed by atoms with Crippen LogP contribution in [0, 0.1) is 0 Å². The number of imide groups is 1. The summed E-state index contributed by atoms with van der Waals surface area (Å²) in [5.41, 5.74) is 4.55. The molecule has 3 aromatic rings. The second kappa shape index (κ2) is 11.8. The summed E-state index contributed by atoms with van der Waals surface area (Å²) in [4.78, 5) is 29.7. The summed E-state index contributed by atoms with van der Waals surface area (Å²) < 4.78 is 44.1. The summed E-state index contributed by atoms with van der Waals surface area (Å²) in [5.74, 6) is -0.636. The molecule has 3 atom stereocenters. The zero-order chi connectivity index (χ0) is 29.4. The number of rotatable bonds is 6. The molecule has 3 aliphatic rings. The predicted molar refractivity (Wildman–Crippen MR) is 156 cm³/mol. The number of fused-ring (bicyclic) bond motifs is 1. The third-order valence-electron chi connectivity index (χ3n) is 8.72. The molecule has 0 bridgehead atoms. The number of halogens is 3. The van der Waals surface area contributed by atoms with Gasteiger partial charge >= 0.3 is 6.18 Å². The Kier molecular flexibility index (Phi) is 8.15. The van der Waals surface area contributed by atoms with Crippen LogP contribution in [0.2, 0.25) is 0 Å². The molecule has 6 rings (SSSR count). The number of hydrogen-bond donors (Lipinski definition) is 2. The number of carbonyl (C=O) groups excluding carboxylic acids is 2. The van der Waals surface area contributed by atoms with Gasteiger partial charge in [-0.3, -0.25) is 29.6 Å². The van der Waals surface area contributed by atoms with E-state index < -0.39 is 18.3 Å². The minimum atomic E-state index is -4.42. The molecule has 2 amide bonds. The molecule has 10 heteroatoms. The molecule has 3 aliphatic heterocycles. The van der Waals surface area contributed by atoms with Crippen LogP contribution in [0.15, 0.2) is 78.9 Å². The van der Waals surface area contributed by atoms with Gasteiger partial charge in [0.1, 0.15) is 6.04 Å². The topological polar surface area (TPSA) is 55.9 Å². The Morgan fingerprint density at radius 3 is 2.19 bits per heavy atom. The molecule has 1 N–H and O–H groups in total. The Morgan fingerprint density at radius 1 is 0.905 bits per heavy atom. The van der Waals surface area contributed by atoms with Crippen molar-refractivity contribution in [1.29, 1.82) is 0 Å². The lowest BCUT2D eigenvalue weighted by Crippen LogP contribution is -2.59. The van der Waals surface area contributed by atoms with Crippen LogP contribution in [-0.2, 0) is 22.7 Å². The van der Waals surface area contributed by atoms with Crippen LogP contribution in [0.5, 0.6) is 0 Å². The highest BCUT2D eigenvalue weighted by molar-refractivity contribution is 7.80. The van der Waals surface area contributed by atoms with Crippen molar-refractivity contribution in [3.05, 3.63) is 107 Å². The van der Waals surface area contributed by atoms with Crippen LogP contribution in [0.1, 0.15) is 52.1 Å². The van der Waals surface area contributed by atoms with Crippen molar-refractivity contribution >= 4 is 24.4 Å². The summed E-state index contributed by atoms with van der Waals surface area (Å²) >= 11 is 4.78. The van der Waals surface area contributed by atoms with E-state index in [1.807, 2.05) is 88.7 Å². The first-order valence-corrected chi connectivity index (χ1v) is 14.7. The van der Waals surface area contributed by atoms with Crippen LogP contribution >= 0.6 is 12.6 Å². The summed E-state index contributed by atoms with van der Waals surface area (Å²) in [6.45, 7) is 1.13. The Morgan fingerprint density at radius 2 is 1.57 bits per heavy atom. The van der Waals surface area contributed by atoms with Gasteiger partial charge in [-0.25, -0.2) is 0 Å². The molecule has 3 unspecified atom stereocenters. The van der Waals surface area contributed by atoms with E-state index in [0.29, 0.717) is 19.5 Å². The van der Waals surface area contributed by atoms with E-state index in [0.717, 1.165) is 27.8 Å². The normalized spacial score (nSPS) is 24.2. The van der Waals surface area contributed by atoms with Gasteiger partial charge in [-0.1, -0.05) is 78.9 Å². The SMILES string of the molecule is O=C1CCC(N2Cc3c(CN4CCN(C(c5ccccc5)c5ccccc5)CC4C(F)(F)F)cccc3C2S)C(=O)N1. The van der Waals surface area contributed by atoms with E-state index in [4.69, 9.17) is 12.6 Å². The number of amides is 2. The minimum Gasteiger partial charge on any atom is -0.295 e. The highest BCUT2D eigenvalue weighted by atomic mass is 32.1. The second-order valence-electron chi connectivity index (χ2n) is 11.2. The lowest BCUT2D eigenvalue weighted by atomic mass is 9.95. The summed E-state index contributed by atoms with van der Waals surface area (Å²) in [5, 5.41) is 2.02. The van der Waals surface area contributed by atoms with Crippen molar-refractivity contribution in [2.75, 3.05) is 19.6 Å². The van der Waals surface area contributed by atoms with Crippen LogP contribution in [0.4, 0.5) is 13.2 Å². The van der Waals surface area contributed by atoms with Crippen molar-refractivity contribution in [1.82, 2.24) is 20.0 Å². The van der Waals surface area contributed by atoms with E-state index in [2.05, 4.69) is 5.32 Å². The van der Waals surface area contributed by atoms with Crippen molar-refractivity contribution in [3.63, 3.8) is 0 Å². The third-order valence-corrected chi connectivity index (χ3v) is 9.30. The first kappa shape index (κ1) is 28.9. The number of alkyl halides is 3. The molecule has 42 heavy (non-hydrogen) atoms. The number of hydrogen-bond acceptors (Lipinski definition) is 6. The molecule has 0 saturated carbocycles. The average Bonchev–Trinajstić information content (AvgIpc) is 3.31. The fraction of sp³-hybridized carbons (Fsp3) is 0.375. The number of nitrogens with zero attached hydrogens (tertiary/aromatic N) is 3. The lowest BCUT2D eigenvalue weighted by Gasteiger charge is -2.45. The van der Waals surface area contributed by atoms with Gasteiger partial charge in [-0.2, -0.15) is 25.8 Å². The molecule has 2 fully saturated rings. The van der Waals surface area contributed by atoms with Crippen LogP contribution in [-0.4, -0.2) is 64.4 Å². The van der Waals surface area contributed by atoms with Crippen molar-refractivity contribution in [2.24, 2.45) is 0 Å². The van der Waals surface area contributed by atoms with Gasteiger partial charge in [0.15, 0.2) is 0 Å². The Balaban J connectivity index is 1.25. The van der Waals surface area contributed by atoms with E-state index in [1.54, 1.807) is 4.90 Å². The first-order chi connectivity index (χ1) is 20.2. The van der Waals surface area contributed by atoms with Crippen molar-refractivity contribution in [3.8, 4) is 0 Å². The van der Waals surface area contributed by atoms with Gasteiger partial charge in [0.25, 0.3) is 0 Å². The summed E-state index contributed by atoms with van der Waals surface area (Å²) in [7, 11) is 0. The maximum Gasteiger partial charge on any atom is 0.405 e. The molecular formula is C32H33F3N4O2S. The zero-order valence-electron chi connectivity index (χ0n) is 23.0. The number of piperidine rings is 1. The van der Waals surface area contributed by atoms with Crippen LogP contribution < -0.4 is 5.32 Å². The quantitative estimate of drug-likeness (QED) is 0.308. The summed E-state index contributed by atoms with van der Waals surface area (Å²) in [6, 6.07) is 22.6. The smallest absolute Gasteiger partial charge is 0.295 e. The molecule has 0 radical (unpaired) electrons. The van der Waals surface area contributed by atoms with Gasteiger partial charge in [-0.05, 0) is 34.2 Å². The number of thiol groups is 1. The maximum absolute atomic E-state index is 14.7. The van der Waals surface area contributed by atoms with E-state index in [9.17, 15) is 22.8 Å². The Bertz CT molecular complexity index is 1400. The van der Waals surface area contributed by atoms with Gasteiger partial charge in [0.2, 0.25) is 11.8 Å². The molecule has 220 valence electrons. The van der Waals surface area contributed by atoms with Crippen LogP contribution in [0.25, 0.3) is 0 Å². The minimum absolute atomic E-state index is 0.145. The first-order valence-electron chi connectivity index (χ1n) is 14.2. The molecule has 0 aromatic heterocycles. The van der Waals surface area contributed by atoms with E-state index >= 15 is 0 Å². The monoisotopic (exact) mass is 594 g/mol. The van der Waals surface area contributed by atoms with Gasteiger partial charge in [-0.15, -0.1) is 0 Å². The standard InChI is InChI=1S/C32H33F3N4O2S/c33-32(34,35)27-20-38(29(21-8-3-1-4-9-21)22-10-5-2-6-11-22)17-16-37(27)18-23-12-7-13-24-25(23)19-39(31(24)42)26-14-15-28(40)36-30(26)41/h1-13,26-27,29,31,42H,14-20H2,(H,36,40,41). The van der Waals surface area contributed by atoms with Gasteiger partial charge in [0.05, 0.1) is 17.5 Å². The predicted octanol–water partition coefficient (Wildman–Crippen LogP) is 5.07. The van der Waals surface area contributed by atoms with Crippen molar-refractivity contribution < 1.29 is 22.8 Å². The van der Waals surface area contributed by atoms with Gasteiger partial charge in [0, 0.05) is 39.1 Å². The molecule has 3 heterocycles. The molecular weight excluding hydrogens is 561 g/mol. The number of carbonyl (C=O) groups is 2. The van der Waals surface area contributed by atoms with Crippen molar-refractivity contribution in [2.45, 2.75) is 55.6 Å². The van der Waals surface area contributed by atoms with E-state index in [1.165, 1.54) is 0 Å². The third kappa shape index (κ3) is 5.73. The fourth-order valence-electron chi connectivity index (χ4n) is 6.64. The number of nitrogens with one attached hydrogen (secondary N) is 1. The maximum atomic E-state index is 14.7. The summed E-state index contributed by atoms with van der Waals surface area (Å²) in [6.07, 6.45) is -3.77. The molecule has 2 saturated heterocycles. The van der Waals surface area contributed by atoms with E-state index in [-0.39, 0.29) is 49.3 Å². The highest BCUT2D eigenvalue weighted by Gasteiger charge is 2.48. The Hall–Kier alpha value is -3.18. The zero-order valence-corrected chi connectivity index (χ0v) is 23.9. The molecule has 0 spiro atoms. The van der Waals surface area contributed by atoms with Crippen LogP contribution in [0.3, 0.4) is 0 Å². The molecule has 3 aromatic carbocycles. The molecule has 0 aliphatic carbocycles. The molecule has 6 nitrogen and oxygen atoms in total. The number of benzene rings is 3. The number of piperazine rings is 1. The van der Waals surface area contributed by atoms with Gasteiger partial charge < -0.3 is 0 Å². The Labute approximate surface area is 248 Å². The largest absolute Gasteiger partial charge is 0.405 e. The second-order valence-corrected chi connectivity index (χ2v) is 11.7.